The Morgan fingerprint density at radius 1 is 1.27 bits per heavy atom. The number of hydrogen-bond donors (Lipinski definition) is 2. The van der Waals surface area contributed by atoms with E-state index in [1.165, 1.54) is 0 Å². The second-order valence-electron chi connectivity index (χ2n) is 5.41. The fraction of sp³-hybridized carbons (Fsp3) is 0.500. The lowest BCUT2D eigenvalue weighted by atomic mass is 10.1. The zero-order valence-electron chi connectivity index (χ0n) is 12.9. The first kappa shape index (κ1) is 18.5. The molecule has 2 N–H and O–H groups in total. The molecule has 1 aliphatic heterocycles. The highest BCUT2D eigenvalue weighted by Crippen LogP contribution is 2.20. The summed E-state index contributed by atoms with van der Waals surface area (Å²) in [5, 5.41) is 5.95. The van der Waals surface area contributed by atoms with Crippen molar-refractivity contribution in [3.05, 3.63) is 35.9 Å². The van der Waals surface area contributed by atoms with Crippen LogP contribution in [0.1, 0.15) is 18.4 Å². The maximum absolute atomic E-state index is 12.0. The molecule has 22 heavy (non-hydrogen) atoms. The van der Waals surface area contributed by atoms with Crippen LogP contribution in [0.15, 0.2) is 30.3 Å². The lowest BCUT2D eigenvalue weighted by molar-refractivity contribution is -0.129. The molecule has 5 nitrogen and oxygen atoms in total. The summed E-state index contributed by atoms with van der Waals surface area (Å²) in [7, 11) is 1.89. The molecule has 1 aromatic carbocycles. The maximum atomic E-state index is 12.0. The van der Waals surface area contributed by atoms with Crippen molar-refractivity contribution in [1.29, 1.82) is 0 Å². The molecular formula is C16H24ClN3O2. The van der Waals surface area contributed by atoms with Gasteiger partial charge in [-0.15, -0.1) is 12.4 Å². The Labute approximate surface area is 137 Å². The number of nitrogens with one attached hydrogen (secondary N) is 2. The fourth-order valence-electron chi connectivity index (χ4n) is 2.53. The first-order chi connectivity index (χ1) is 10.2. The molecule has 1 unspecified atom stereocenters. The van der Waals surface area contributed by atoms with E-state index in [0.29, 0.717) is 26.1 Å². The minimum absolute atomic E-state index is 0. The number of amides is 2. The van der Waals surface area contributed by atoms with Crippen LogP contribution in [0.4, 0.5) is 0 Å². The molecule has 0 aromatic heterocycles. The van der Waals surface area contributed by atoms with Crippen LogP contribution in [0.25, 0.3) is 0 Å². The predicted molar refractivity (Wildman–Crippen MR) is 88.8 cm³/mol. The van der Waals surface area contributed by atoms with E-state index in [-0.39, 0.29) is 30.1 Å². The van der Waals surface area contributed by atoms with Gasteiger partial charge in [0.15, 0.2) is 0 Å². The molecule has 2 amide bonds. The number of hydrogen-bond acceptors (Lipinski definition) is 3. The maximum Gasteiger partial charge on any atom is 0.225 e. The smallest absolute Gasteiger partial charge is 0.225 e. The van der Waals surface area contributed by atoms with Gasteiger partial charge in [-0.3, -0.25) is 9.59 Å². The topological polar surface area (TPSA) is 61.4 Å². The van der Waals surface area contributed by atoms with E-state index in [4.69, 9.17) is 0 Å². The lowest BCUT2D eigenvalue weighted by Crippen LogP contribution is -2.34. The van der Waals surface area contributed by atoms with Crippen LogP contribution in [0.2, 0.25) is 0 Å². The van der Waals surface area contributed by atoms with Crippen molar-refractivity contribution in [2.75, 3.05) is 26.7 Å². The van der Waals surface area contributed by atoms with Gasteiger partial charge in [0, 0.05) is 26.1 Å². The van der Waals surface area contributed by atoms with Gasteiger partial charge in [-0.1, -0.05) is 30.3 Å². The third kappa shape index (κ3) is 5.31. The Kier molecular flexibility index (Phi) is 7.91. The average Bonchev–Trinajstić information content (AvgIpc) is 2.86. The Balaban J connectivity index is 0.00000242. The van der Waals surface area contributed by atoms with E-state index in [1.807, 2.05) is 37.4 Å². The summed E-state index contributed by atoms with van der Waals surface area (Å²) in [5.41, 5.74) is 1.10. The summed E-state index contributed by atoms with van der Waals surface area (Å²) in [5.74, 6) is -0.153. The number of carbonyl (C=O) groups is 2. The van der Waals surface area contributed by atoms with Crippen molar-refractivity contribution in [2.24, 2.45) is 5.92 Å². The number of carbonyl (C=O) groups excluding carboxylic acids is 2. The summed E-state index contributed by atoms with van der Waals surface area (Å²) in [6.45, 7) is 2.64. The van der Waals surface area contributed by atoms with E-state index >= 15 is 0 Å². The zero-order valence-corrected chi connectivity index (χ0v) is 13.7. The minimum atomic E-state index is -0.212. The third-order valence-electron chi connectivity index (χ3n) is 3.70. The normalized spacial score (nSPS) is 17.2. The highest BCUT2D eigenvalue weighted by Gasteiger charge is 2.33. The van der Waals surface area contributed by atoms with Gasteiger partial charge in [-0.2, -0.15) is 0 Å². The van der Waals surface area contributed by atoms with Crippen molar-refractivity contribution in [2.45, 2.75) is 19.4 Å². The van der Waals surface area contributed by atoms with Gasteiger partial charge < -0.3 is 15.5 Å². The number of rotatable bonds is 7. The minimum Gasteiger partial charge on any atom is -0.356 e. The summed E-state index contributed by atoms with van der Waals surface area (Å²) in [6.07, 6.45) is 1.22. The number of benzene rings is 1. The third-order valence-corrected chi connectivity index (χ3v) is 3.70. The van der Waals surface area contributed by atoms with Crippen LogP contribution in [-0.2, 0) is 16.1 Å². The molecule has 1 aliphatic rings. The highest BCUT2D eigenvalue weighted by atomic mass is 35.5. The van der Waals surface area contributed by atoms with Crippen molar-refractivity contribution >= 4 is 24.2 Å². The van der Waals surface area contributed by atoms with Gasteiger partial charge in [0.25, 0.3) is 0 Å². The Morgan fingerprint density at radius 3 is 2.68 bits per heavy atom. The van der Waals surface area contributed by atoms with Crippen LogP contribution < -0.4 is 10.6 Å². The summed E-state index contributed by atoms with van der Waals surface area (Å²) in [4.78, 5) is 25.8. The standard InChI is InChI=1S/C16H23N3O2.ClH/c1-17-8-5-9-18-16(21)14-10-15(20)19(12-14)11-13-6-3-2-4-7-13;/h2-4,6-7,14,17H,5,8-12H2,1H3,(H,18,21);1H. The van der Waals surface area contributed by atoms with E-state index in [9.17, 15) is 9.59 Å². The van der Waals surface area contributed by atoms with Crippen molar-refractivity contribution in [3.8, 4) is 0 Å². The van der Waals surface area contributed by atoms with Crippen molar-refractivity contribution < 1.29 is 9.59 Å². The van der Waals surface area contributed by atoms with Gasteiger partial charge in [-0.25, -0.2) is 0 Å². The monoisotopic (exact) mass is 325 g/mol. The van der Waals surface area contributed by atoms with Gasteiger partial charge in [0.05, 0.1) is 5.92 Å². The van der Waals surface area contributed by atoms with E-state index in [0.717, 1.165) is 18.5 Å². The van der Waals surface area contributed by atoms with E-state index in [1.54, 1.807) is 4.90 Å². The molecule has 6 heteroatoms. The largest absolute Gasteiger partial charge is 0.356 e. The highest BCUT2D eigenvalue weighted by molar-refractivity contribution is 5.89. The van der Waals surface area contributed by atoms with Crippen LogP contribution in [-0.4, -0.2) is 43.4 Å². The molecule has 1 saturated heterocycles. The molecule has 1 fully saturated rings. The van der Waals surface area contributed by atoms with Crippen LogP contribution in [0, 0.1) is 5.92 Å². The number of nitrogens with zero attached hydrogens (tertiary/aromatic N) is 1. The second-order valence-corrected chi connectivity index (χ2v) is 5.41. The molecule has 2 rings (SSSR count). The molecule has 1 aromatic rings. The quantitative estimate of drug-likeness (QED) is 0.740. The zero-order chi connectivity index (χ0) is 15.1. The molecule has 122 valence electrons. The van der Waals surface area contributed by atoms with E-state index < -0.39 is 0 Å². The lowest BCUT2D eigenvalue weighted by Gasteiger charge is -2.16. The molecule has 0 radical (unpaired) electrons. The second kappa shape index (κ2) is 9.43. The predicted octanol–water partition coefficient (Wildman–Crippen LogP) is 1.18. The fourth-order valence-corrected chi connectivity index (χ4v) is 2.53. The molecule has 0 bridgehead atoms. The SMILES string of the molecule is CNCCCNC(=O)C1CC(=O)N(Cc2ccccc2)C1.Cl. The average molecular weight is 326 g/mol. The Bertz CT molecular complexity index is 482. The van der Waals surface area contributed by atoms with E-state index in [2.05, 4.69) is 10.6 Å². The first-order valence-corrected chi connectivity index (χ1v) is 7.44. The van der Waals surface area contributed by atoms with Crippen LogP contribution in [0.5, 0.6) is 0 Å². The molecule has 0 saturated carbocycles. The van der Waals surface area contributed by atoms with Crippen LogP contribution >= 0.6 is 12.4 Å². The van der Waals surface area contributed by atoms with Crippen LogP contribution in [0.3, 0.4) is 0 Å². The van der Waals surface area contributed by atoms with Gasteiger partial charge >= 0.3 is 0 Å². The van der Waals surface area contributed by atoms with Crippen molar-refractivity contribution in [1.82, 2.24) is 15.5 Å². The molecule has 1 heterocycles. The molecule has 0 spiro atoms. The Hall–Kier alpha value is -1.59. The van der Waals surface area contributed by atoms with Gasteiger partial charge in [0.1, 0.15) is 0 Å². The number of halogens is 1. The molecule has 1 atom stereocenters. The van der Waals surface area contributed by atoms with Gasteiger partial charge in [0.2, 0.25) is 11.8 Å². The Morgan fingerprint density at radius 2 is 2.00 bits per heavy atom. The van der Waals surface area contributed by atoms with Gasteiger partial charge in [-0.05, 0) is 25.6 Å². The summed E-state index contributed by atoms with van der Waals surface area (Å²) >= 11 is 0. The first-order valence-electron chi connectivity index (χ1n) is 7.44. The molecular weight excluding hydrogens is 302 g/mol. The summed E-state index contributed by atoms with van der Waals surface area (Å²) in [6, 6.07) is 9.87. The molecule has 0 aliphatic carbocycles. The summed E-state index contributed by atoms with van der Waals surface area (Å²) < 4.78 is 0. The van der Waals surface area contributed by atoms with Crippen molar-refractivity contribution in [3.63, 3.8) is 0 Å². The number of likely N-dealkylation sites (tertiary alicyclic amines) is 1.